The van der Waals surface area contributed by atoms with Gasteiger partial charge >= 0.3 is 5.97 Å². The third-order valence-electron chi connectivity index (χ3n) is 4.49. The Morgan fingerprint density at radius 1 is 1.50 bits per heavy atom. The maximum absolute atomic E-state index is 11.5. The van der Waals surface area contributed by atoms with E-state index in [0.29, 0.717) is 18.4 Å². The van der Waals surface area contributed by atoms with E-state index in [2.05, 4.69) is 6.92 Å². The average Bonchev–Trinajstić information content (AvgIpc) is 2.65. The Labute approximate surface area is 72.3 Å². The van der Waals surface area contributed by atoms with Gasteiger partial charge in [0.15, 0.2) is 0 Å². The lowest BCUT2D eigenvalue weighted by molar-refractivity contribution is -0.147. The summed E-state index contributed by atoms with van der Waals surface area (Å²) < 4.78 is 5.16. The molecule has 0 amide bonds. The molecule has 2 bridgehead atoms. The zero-order valence-electron chi connectivity index (χ0n) is 7.38. The third kappa shape index (κ3) is 0.540. The minimum absolute atomic E-state index is 0.0804. The molecule has 0 N–H and O–H groups in total. The number of rotatable bonds is 0. The molecular weight excluding hydrogens is 152 g/mol. The summed E-state index contributed by atoms with van der Waals surface area (Å²) in [7, 11) is 0. The average molecular weight is 166 g/mol. The number of carbonyl (C=O) groups excluding carboxylic acids is 1. The van der Waals surface area contributed by atoms with Gasteiger partial charge in [0.1, 0.15) is 0 Å². The zero-order chi connectivity index (χ0) is 8.34. The van der Waals surface area contributed by atoms with Crippen molar-refractivity contribution >= 4 is 5.97 Å². The molecule has 2 nitrogen and oxygen atoms in total. The van der Waals surface area contributed by atoms with Crippen LogP contribution in [0, 0.1) is 23.2 Å². The molecule has 1 saturated heterocycles. The van der Waals surface area contributed by atoms with Crippen LogP contribution in [0.3, 0.4) is 0 Å². The van der Waals surface area contributed by atoms with Gasteiger partial charge in [0.2, 0.25) is 0 Å². The first-order valence-electron chi connectivity index (χ1n) is 4.90. The summed E-state index contributed by atoms with van der Waals surface area (Å²) in [5.41, 5.74) is -0.0804. The molecule has 2 aliphatic carbocycles. The summed E-state index contributed by atoms with van der Waals surface area (Å²) >= 11 is 0. The maximum atomic E-state index is 11.5. The van der Waals surface area contributed by atoms with Crippen molar-refractivity contribution in [3.05, 3.63) is 0 Å². The molecule has 0 spiro atoms. The van der Waals surface area contributed by atoms with E-state index < -0.39 is 0 Å². The van der Waals surface area contributed by atoms with E-state index in [9.17, 15) is 4.79 Å². The Morgan fingerprint density at radius 2 is 2.33 bits per heavy atom. The largest absolute Gasteiger partial charge is 0.465 e. The molecule has 0 aromatic rings. The van der Waals surface area contributed by atoms with Crippen molar-refractivity contribution in [1.82, 2.24) is 0 Å². The number of hydrogen-bond donors (Lipinski definition) is 0. The van der Waals surface area contributed by atoms with Crippen LogP contribution >= 0.6 is 0 Å². The molecule has 1 aliphatic heterocycles. The maximum Gasteiger partial charge on any atom is 0.312 e. The SMILES string of the molecule is C[C@]12C(=O)OC[C@H]1[C@@H]1CC[C@@H]2C1. The topological polar surface area (TPSA) is 26.3 Å². The number of carbonyl (C=O) groups is 1. The smallest absolute Gasteiger partial charge is 0.312 e. The molecule has 2 heteroatoms. The van der Waals surface area contributed by atoms with Crippen molar-refractivity contribution in [1.29, 1.82) is 0 Å². The number of hydrogen-bond acceptors (Lipinski definition) is 2. The Hall–Kier alpha value is -0.530. The van der Waals surface area contributed by atoms with Gasteiger partial charge in [0.05, 0.1) is 12.0 Å². The van der Waals surface area contributed by atoms with E-state index >= 15 is 0 Å². The summed E-state index contributed by atoms with van der Waals surface area (Å²) in [6.07, 6.45) is 3.88. The van der Waals surface area contributed by atoms with Crippen molar-refractivity contribution in [3.63, 3.8) is 0 Å². The van der Waals surface area contributed by atoms with E-state index in [1.54, 1.807) is 0 Å². The lowest BCUT2D eigenvalue weighted by atomic mass is 9.69. The highest BCUT2D eigenvalue weighted by Crippen LogP contribution is 2.62. The van der Waals surface area contributed by atoms with Crippen LogP contribution in [0.25, 0.3) is 0 Å². The molecule has 66 valence electrons. The highest BCUT2D eigenvalue weighted by molar-refractivity contribution is 5.80. The van der Waals surface area contributed by atoms with E-state index in [0.717, 1.165) is 5.92 Å². The normalized spacial score (nSPS) is 55.8. The molecule has 0 aromatic carbocycles. The van der Waals surface area contributed by atoms with E-state index in [-0.39, 0.29) is 11.4 Å². The quantitative estimate of drug-likeness (QED) is 0.511. The first-order chi connectivity index (χ1) is 5.73. The molecule has 3 fully saturated rings. The van der Waals surface area contributed by atoms with Gasteiger partial charge in [-0.05, 0) is 38.0 Å². The number of fused-ring (bicyclic) bond motifs is 5. The van der Waals surface area contributed by atoms with Gasteiger partial charge in [-0.3, -0.25) is 4.79 Å². The van der Waals surface area contributed by atoms with Gasteiger partial charge in [0.25, 0.3) is 0 Å². The minimum Gasteiger partial charge on any atom is -0.465 e. The van der Waals surface area contributed by atoms with Gasteiger partial charge in [-0.2, -0.15) is 0 Å². The van der Waals surface area contributed by atoms with Gasteiger partial charge in [-0.25, -0.2) is 0 Å². The van der Waals surface area contributed by atoms with E-state index in [1.807, 2.05) is 0 Å². The summed E-state index contributed by atoms with van der Waals surface area (Å²) in [5, 5.41) is 0. The molecule has 0 aromatic heterocycles. The summed E-state index contributed by atoms with van der Waals surface area (Å²) in [6, 6.07) is 0. The van der Waals surface area contributed by atoms with Crippen LogP contribution < -0.4 is 0 Å². The number of esters is 1. The van der Waals surface area contributed by atoms with Gasteiger partial charge in [0, 0.05) is 5.92 Å². The molecule has 3 rings (SSSR count). The van der Waals surface area contributed by atoms with Crippen molar-refractivity contribution in [3.8, 4) is 0 Å². The van der Waals surface area contributed by atoms with Crippen molar-refractivity contribution in [2.75, 3.05) is 6.61 Å². The first-order valence-corrected chi connectivity index (χ1v) is 4.90. The molecule has 12 heavy (non-hydrogen) atoms. The molecule has 0 unspecified atom stereocenters. The van der Waals surface area contributed by atoms with Crippen molar-refractivity contribution in [2.45, 2.75) is 26.2 Å². The van der Waals surface area contributed by atoms with Gasteiger partial charge in [-0.1, -0.05) is 0 Å². The minimum atomic E-state index is -0.0804. The molecule has 3 aliphatic rings. The number of ether oxygens (including phenoxy) is 1. The molecule has 4 atom stereocenters. The van der Waals surface area contributed by atoms with Crippen LogP contribution in [0.2, 0.25) is 0 Å². The fourth-order valence-electron chi connectivity index (χ4n) is 3.67. The monoisotopic (exact) mass is 166 g/mol. The van der Waals surface area contributed by atoms with Crippen LogP contribution in [-0.2, 0) is 9.53 Å². The van der Waals surface area contributed by atoms with Crippen LogP contribution in [0.5, 0.6) is 0 Å². The Kier molecular flexibility index (Phi) is 1.07. The summed E-state index contributed by atoms with van der Waals surface area (Å²) in [4.78, 5) is 11.5. The summed E-state index contributed by atoms with van der Waals surface area (Å²) in [6.45, 7) is 2.83. The predicted molar refractivity (Wildman–Crippen MR) is 43.4 cm³/mol. The van der Waals surface area contributed by atoms with E-state index in [4.69, 9.17) is 4.74 Å². The van der Waals surface area contributed by atoms with Crippen molar-refractivity contribution < 1.29 is 9.53 Å². The second-order valence-electron chi connectivity index (χ2n) is 4.76. The molecule has 1 heterocycles. The van der Waals surface area contributed by atoms with Gasteiger partial charge in [-0.15, -0.1) is 0 Å². The van der Waals surface area contributed by atoms with Crippen LogP contribution in [-0.4, -0.2) is 12.6 Å². The van der Waals surface area contributed by atoms with Crippen molar-refractivity contribution in [2.24, 2.45) is 23.2 Å². The van der Waals surface area contributed by atoms with Gasteiger partial charge < -0.3 is 4.74 Å². The Bertz CT molecular complexity index is 248. The fourth-order valence-corrected chi connectivity index (χ4v) is 3.67. The second kappa shape index (κ2) is 1.86. The third-order valence-corrected chi connectivity index (χ3v) is 4.49. The van der Waals surface area contributed by atoms with Crippen LogP contribution in [0.1, 0.15) is 26.2 Å². The molecular formula is C10H14O2. The second-order valence-corrected chi connectivity index (χ2v) is 4.76. The fraction of sp³-hybridized carbons (Fsp3) is 0.900. The number of cyclic esters (lactones) is 1. The lowest BCUT2D eigenvalue weighted by Gasteiger charge is -2.30. The van der Waals surface area contributed by atoms with Crippen LogP contribution in [0.4, 0.5) is 0 Å². The predicted octanol–water partition coefficient (Wildman–Crippen LogP) is 1.60. The van der Waals surface area contributed by atoms with E-state index in [1.165, 1.54) is 19.3 Å². The highest BCUT2D eigenvalue weighted by atomic mass is 16.5. The van der Waals surface area contributed by atoms with Crippen LogP contribution in [0.15, 0.2) is 0 Å². The highest BCUT2D eigenvalue weighted by Gasteiger charge is 2.63. The first kappa shape index (κ1) is 6.93. The lowest BCUT2D eigenvalue weighted by Crippen LogP contribution is -2.35. The standard InChI is InChI=1S/C10H14O2/c1-10-7-3-2-6(4-7)8(10)5-12-9(10)11/h6-8H,2-5H2,1H3/t6-,7-,8+,10-/m1/s1. The Morgan fingerprint density at radius 3 is 3.08 bits per heavy atom. The zero-order valence-corrected chi connectivity index (χ0v) is 7.38. The molecule has 2 saturated carbocycles. The summed E-state index contributed by atoms with van der Waals surface area (Å²) in [5.74, 6) is 2.08. The Balaban J connectivity index is 2.06. The molecule has 0 radical (unpaired) electrons.